The molecule has 32 heavy (non-hydrogen) atoms. The van der Waals surface area contributed by atoms with E-state index < -0.39 is 0 Å². The van der Waals surface area contributed by atoms with E-state index in [-0.39, 0.29) is 6.61 Å². The second-order valence-electron chi connectivity index (χ2n) is 7.12. The van der Waals surface area contributed by atoms with Crippen LogP contribution in [0.5, 0.6) is 17.2 Å². The third-order valence-corrected chi connectivity index (χ3v) is 5.81. The molecule has 0 heterocycles. The highest BCUT2D eigenvalue weighted by Gasteiger charge is 2.12. The summed E-state index contributed by atoms with van der Waals surface area (Å²) < 4.78 is 17.0. The Morgan fingerprint density at radius 3 is 2.22 bits per heavy atom. The number of methoxy groups -OCH3 is 1. The van der Waals surface area contributed by atoms with Gasteiger partial charge in [0.2, 0.25) is 0 Å². The average Bonchev–Trinajstić information content (AvgIpc) is 2.79. The van der Waals surface area contributed by atoms with Crippen molar-refractivity contribution < 1.29 is 14.2 Å². The summed E-state index contributed by atoms with van der Waals surface area (Å²) in [6.07, 6.45) is 0.906. The number of rotatable bonds is 11. The number of nitrogens with one attached hydrogen (secondary N) is 1. The van der Waals surface area contributed by atoms with Gasteiger partial charge in [-0.25, -0.2) is 0 Å². The summed E-state index contributed by atoms with van der Waals surface area (Å²) in [6.45, 7) is 4.18. The zero-order valence-corrected chi connectivity index (χ0v) is 20.4. The maximum absolute atomic E-state index is 6.53. The van der Waals surface area contributed by atoms with E-state index in [0.717, 1.165) is 29.8 Å². The molecule has 0 saturated carbocycles. The van der Waals surface area contributed by atoms with E-state index in [1.165, 1.54) is 5.56 Å². The van der Waals surface area contributed by atoms with Gasteiger partial charge in [-0.05, 0) is 61.3 Å². The van der Waals surface area contributed by atoms with Crippen molar-refractivity contribution in [2.45, 2.75) is 26.5 Å². The fourth-order valence-electron chi connectivity index (χ4n) is 3.14. The molecule has 0 aliphatic heterocycles. The van der Waals surface area contributed by atoms with Gasteiger partial charge in [-0.15, -0.1) is 0 Å². The minimum atomic E-state index is 0.284. The van der Waals surface area contributed by atoms with E-state index in [2.05, 4.69) is 17.4 Å². The molecule has 0 amide bonds. The molecule has 0 aliphatic carbocycles. The van der Waals surface area contributed by atoms with Crippen LogP contribution >= 0.6 is 34.8 Å². The summed E-state index contributed by atoms with van der Waals surface area (Å²) in [5, 5.41) is 5.19. The first-order valence-corrected chi connectivity index (χ1v) is 11.5. The van der Waals surface area contributed by atoms with Gasteiger partial charge < -0.3 is 19.5 Å². The van der Waals surface area contributed by atoms with Gasteiger partial charge in [0.15, 0.2) is 11.5 Å². The van der Waals surface area contributed by atoms with Crippen LogP contribution in [-0.4, -0.2) is 20.3 Å². The Labute approximate surface area is 204 Å². The lowest BCUT2D eigenvalue weighted by atomic mass is 10.1. The van der Waals surface area contributed by atoms with E-state index in [1.54, 1.807) is 25.3 Å². The van der Waals surface area contributed by atoms with Gasteiger partial charge in [0.05, 0.1) is 13.7 Å². The summed E-state index contributed by atoms with van der Waals surface area (Å²) in [5.41, 5.74) is 3.02. The molecule has 0 radical (unpaired) electrons. The molecule has 1 N–H and O–H groups in total. The lowest BCUT2D eigenvalue weighted by molar-refractivity contribution is 0.269. The molecule has 3 aromatic carbocycles. The molecule has 170 valence electrons. The van der Waals surface area contributed by atoms with Crippen LogP contribution in [0.2, 0.25) is 15.1 Å². The monoisotopic (exact) mass is 493 g/mol. The third kappa shape index (κ3) is 6.94. The van der Waals surface area contributed by atoms with E-state index in [1.807, 2.05) is 31.2 Å². The SMILES string of the molecule is CCOc1cc(CNCCc2ccc(OC)cc2)c(Cl)cc1OCc1ccc(Cl)cc1Cl. The van der Waals surface area contributed by atoms with Crippen LogP contribution in [0.15, 0.2) is 54.6 Å². The Kier molecular flexibility index (Phi) is 9.36. The Morgan fingerprint density at radius 2 is 1.53 bits per heavy atom. The van der Waals surface area contributed by atoms with E-state index in [9.17, 15) is 0 Å². The molecule has 0 bridgehead atoms. The summed E-state index contributed by atoms with van der Waals surface area (Å²) in [4.78, 5) is 0. The highest BCUT2D eigenvalue weighted by Crippen LogP contribution is 2.35. The first-order valence-electron chi connectivity index (χ1n) is 10.4. The van der Waals surface area contributed by atoms with E-state index >= 15 is 0 Å². The van der Waals surface area contributed by atoms with Gasteiger partial charge in [0, 0.05) is 33.2 Å². The van der Waals surface area contributed by atoms with Crippen LogP contribution in [0.25, 0.3) is 0 Å². The van der Waals surface area contributed by atoms with Crippen molar-refractivity contribution in [3.8, 4) is 17.2 Å². The molecule has 0 spiro atoms. The molecule has 0 atom stereocenters. The topological polar surface area (TPSA) is 39.7 Å². The standard InChI is InChI=1S/C25H26Cl3NO3/c1-3-31-24-12-19(15-29-11-10-17-4-8-21(30-2)9-5-17)23(28)14-25(24)32-16-18-6-7-20(26)13-22(18)27/h4-9,12-14,29H,3,10-11,15-16H2,1-2H3. The summed E-state index contributed by atoms with van der Waals surface area (Å²) in [7, 11) is 1.67. The minimum Gasteiger partial charge on any atom is -0.497 e. The quantitative estimate of drug-likeness (QED) is 0.292. The zero-order valence-electron chi connectivity index (χ0n) is 18.1. The molecule has 0 fully saturated rings. The fourth-order valence-corrected chi connectivity index (χ4v) is 3.82. The number of ether oxygens (including phenoxy) is 3. The van der Waals surface area contributed by atoms with Crippen molar-refractivity contribution >= 4 is 34.8 Å². The van der Waals surface area contributed by atoms with Gasteiger partial charge in [-0.1, -0.05) is 53.0 Å². The third-order valence-electron chi connectivity index (χ3n) is 4.88. The summed E-state index contributed by atoms with van der Waals surface area (Å²) in [6, 6.07) is 17.1. The van der Waals surface area contributed by atoms with Crippen molar-refractivity contribution in [2.24, 2.45) is 0 Å². The predicted octanol–water partition coefficient (Wildman–Crippen LogP) is 6.97. The van der Waals surface area contributed by atoms with Crippen molar-refractivity contribution in [3.63, 3.8) is 0 Å². The maximum atomic E-state index is 6.53. The van der Waals surface area contributed by atoms with Gasteiger partial charge >= 0.3 is 0 Å². The maximum Gasteiger partial charge on any atom is 0.163 e. The average molecular weight is 495 g/mol. The lowest BCUT2D eigenvalue weighted by Crippen LogP contribution is -2.17. The molecule has 0 aliphatic rings. The fraction of sp³-hybridized carbons (Fsp3) is 0.280. The van der Waals surface area contributed by atoms with Crippen LogP contribution < -0.4 is 19.5 Å². The van der Waals surface area contributed by atoms with Crippen LogP contribution in [0.3, 0.4) is 0 Å². The van der Waals surface area contributed by atoms with E-state index in [4.69, 9.17) is 49.0 Å². The minimum absolute atomic E-state index is 0.284. The highest BCUT2D eigenvalue weighted by molar-refractivity contribution is 6.35. The van der Waals surface area contributed by atoms with Crippen LogP contribution in [0.4, 0.5) is 0 Å². The molecular weight excluding hydrogens is 469 g/mol. The lowest BCUT2D eigenvalue weighted by Gasteiger charge is -2.16. The normalized spacial score (nSPS) is 10.8. The van der Waals surface area contributed by atoms with Gasteiger partial charge in [-0.2, -0.15) is 0 Å². The number of hydrogen-bond donors (Lipinski definition) is 1. The molecule has 0 saturated heterocycles. The van der Waals surface area contributed by atoms with Crippen LogP contribution in [-0.2, 0) is 19.6 Å². The van der Waals surface area contributed by atoms with Crippen molar-refractivity contribution in [1.82, 2.24) is 5.32 Å². The zero-order chi connectivity index (χ0) is 22.9. The van der Waals surface area contributed by atoms with Crippen molar-refractivity contribution in [3.05, 3.63) is 86.4 Å². The van der Waals surface area contributed by atoms with Crippen molar-refractivity contribution in [2.75, 3.05) is 20.3 Å². The van der Waals surface area contributed by atoms with Crippen molar-refractivity contribution in [1.29, 1.82) is 0 Å². The summed E-state index contributed by atoms with van der Waals surface area (Å²) >= 11 is 18.7. The Morgan fingerprint density at radius 1 is 0.812 bits per heavy atom. The molecule has 7 heteroatoms. The molecule has 0 aromatic heterocycles. The molecule has 4 nitrogen and oxygen atoms in total. The van der Waals surface area contributed by atoms with Gasteiger partial charge in [-0.3, -0.25) is 0 Å². The second-order valence-corrected chi connectivity index (χ2v) is 8.37. The molecular formula is C25H26Cl3NO3. The number of benzene rings is 3. The largest absolute Gasteiger partial charge is 0.497 e. The van der Waals surface area contributed by atoms with Crippen LogP contribution in [0.1, 0.15) is 23.6 Å². The molecule has 0 unspecified atom stereocenters. The highest BCUT2D eigenvalue weighted by atomic mass is 35.5. The van der Waals surface area contributed by atoms with E-state index in [0.29, 0.717) is 39.7 Å². The molecule has 3 aromatic rings. The Bertz CT molecular complexity index is 1030. The first-order chi connectivity index (χ1) is 15.5. The predicted molar refractivity (Wildman–Crippen MR) is 132 cm³/mol. The summed E-state index contributed by atoms with van der Waals surface area (Å²) in [5.74, 6) is 2.08. The molecule has 3 rings (SSSR count). The van der Waals surface area contributed by atoms with Crippen LogP contribution in [0, 0.1) is 0 Å². The van der Waals surface area contributed by atoms with Gasteiger partial charge in [0.25, 0.3) is 0 Å². The smallest absolute Gasteiger partial charge is 0.163 e. The first kappa shape index (κ1) is 24.5. The Balaban J connectivity index is 1.60. The Hall–Kier alpha value is -2.11. The van der Waals surface area contributed by atoms with Gasteiger partial charge in [0.1, 0.15) is 12.4 Å². The number of halogens is 3. The number of hydrogen-bond acceptors (Lipinski definition) is 4. The second kappa shape index (κ2) is 12.2.